The number of anilines is 1. The molecule has 0 unspecified atom stereocenters. The number of halogens is 3. The van der Waals surface area contributed by atoms with E-state index >= 15 is 0 Å². The number of hydrogen-bond acceptors (Lipinski definition) is 4. The average molecular weight is 316 g/mol. The van der Waals surface area contributed by atoms with E-state index in [1.54, 1.807) is 0 Å². The van der Waals surface area contributed by atoms with Crippen molar-refractivity contribution in [3.63, 3.8) is 0 Å². The van der Waals surface area contributed by atoms with Gasteiger partial charge in [0, 0.05) is 10.8 Å². The van der Waals surface area contributed by atoms with Crippen molar-refractivity contribution < 1.29 is 17.7 Å². The van der Waals surface area contributed by atoms with Gasteiger partial charge in [-0.2, -0.15) is 13.2 Å². The van der Waals surface area contributed by atoms with Crippen molar-refractivity contribution in [1.82, 2.24) is 5.16 Å². The molecule has 2 N–H and O–H groups in total. The van der Waals surface area contributed by atoms with Crippen LogP contribution in [0.15, 0.2) is 22.0 Å². The zero-order valence-corrected chi connectivity index (χ0v) is 12.0. The van der Waals surface area contributed by atoms with E-state index in [-0.39, 0.29) is 18.8 Å². The predicted octanol–water partition coefficient (Wildman–Crippen LogP) is 4.82. The van der Waals surface area contributed by atoms with Gasteiger partial charge < -0.3 is 10.3 Å². The fourth-order valence-electron chi connectivity index (χ4n) is 2.95. The lowest BCUT2D eigenvalue weighted by molar-refractivity contribution is -0.182. The van der Waals surface area contributed by atoms with Crippen molar-refractivity contribution in [2.24, 2.45) is 5.92 Å². The summed E-state index contributed by atoms with van der Waals surface area (Å²) < 4.78 is 43.5. The lowest BCUT2D eigenvalue weighted by Gasteiger charge is -2.28. The van der Waals surface area contributed by atoms with Crippen LogP contribution in [-0.4, -0.2) is 11.3 Å². The van der Waals surface area contributed by atoms with Crippen LogP contribution in [0.25, 0.3) is 10.4 Å². The molecule has 21 heavy (non-hydrogen) atoms. The number of nitrogens with zero attached hydrogens (tertiary/aromatic N) is 1. The van der Waals surface area contributed by atoms with Gasteiger partial charge in [0.2, 0.25) is 0 Å². The predicted molar refractivity (Wildman–Crippen MR) is 75.0 cm³/mol. The molecule has 0 aliphatic heterocycles. The molecule has 0 radical (unpaired) electrons. The third kappa shape index (κ3) is 2.79. The molecular weight excluding hydrogens is 301 g/mol. The molecule has 0 spiro atoms. The summed E-state index contributed by atoms with van der Waals surface area (Å²) in [6.07, 6.45) is -2.91. The Hall–Kier alpha value is -1.50. The minimum atomic E-state index is -4.10. The highest BCUT2D eigenvalue weighted by atomic mass is 32.1. The number of nitrogen functional groups attached to an aromatic ring is 1. The van der Waals surface area contributed by atoms with Gasteiger partial charge in [-0.1, -0.05) is 11.2 Å². The van der Waals surface area contributed by atoms with Gasteiger partial charge in [0.05, 0.1) is 11.5 Å². The summed E-state index contributed by atoms with van der Waals surface area (Å²) >= 11 is 1.52. The highest BCUT2D eigenvalue weighted by Gasteiger charge is 2.42. The first-order valence-electron chi connectivity index (χ1n) is 6.82. The van der Waals surface area contributed by atoms with Crippen LogP contribution in [-0.2, 0) is 0 Å². The van der Waals surface area contributed by atoms with Gasteiger partial charge in [-0.05, 0) is 37.1 Å². The molecule has 0 amide bonds. The quantitative estimate of drug-likeness (QED) is 0.864. The van der Waals surface area contributed by atoms with Gasteiger partial charge in [0.25, 0.3) is 0 Å². The van der Waals surface area contributed by atoms with Gasteiger partial charge in [-0.25, -0.2) is 0 Å². The maximum Gasteiger partial charge on any atom is 0.391 e. The Morgan fingerprint density at radius 2 is 1.95 bits per heavy atom. The summed E-state index contributed by atoms with van der Waals surface area (Å²) in [4.78, 5) is 0.946. The fourth-order valence-corrected chi connectivity index (χ4v) is 3.73. The molecule has 3 nitrogen and oxygen atoms in total. The third-order valence-electron chi connectivity index (χ3n) is 4.07. The van der Waals surface area contributed by atoms with Crippen LogP contribution in [0.3, 0.4) is 0 Å². The smallest absolute Gasteiger partial charge is 0.380 e. The summed E-state index contributed by atoms with van der Waals surface area (Å²) in [5.41, 5.74) is 6.61. The second-order valence-corrected chi connectivity index (χ2v) is 6.32. The van der Waals surface area contributed by atoms with E-state index in [4.69, 9.17) is 10.3 Å². The molecule has 0 atom stereocenters. The number of nitrogens with two attached hydrogens (primary N) is 1. The lowest BCUT2D eigenvalue weighted by atomic mass is 9.79. The minimum absolute atomic E-state index is 0.0366. The topological polar surface area (TPSA) is 52.0 Å². The molecule has 0 bridgehead atoms. The molecule has 7 heteroatoms. The van der Waals surface area contributed by atoms with E-state index in [9.17, 15) is 13.2 Å². The SMILES string of the molecule is Nc1noc(C2CCC(C(F)(F)F)CC2)c1-c1cccs1. The average Bonchev–Trinajstić information content (AvgIpc) is 3.06. The maximum atomic E-state index is 12.7. The largest absolute Gasteiger partial charge is 0.391 e. The Morgan fingerprint density at radius 1 is 1.24 bits per heavy atom. The fraction of sp³-hybridized carbons (Fsp3) is 0.500. The second kappa shape index (κ2) is 5.36. The van der Waals surface area contributed by atoms with Crippen LogP contribution < -0.4 is 5.73 Å². The van der Waals surface area contributed by atoms with E-state index < -0.39 is 12.1 Å². The van der Waals surface area contributed by atoms with Crippen molar-refractivity contribution in [3.8, 4) is 10.4 Å². The zero-order chi connectivity index (χ0) is 15.0. The van der Waals surface area contributed by atoms with Crippen LogP contribution in [0, 0.1) is 5.92 Å². The Labute approximate surface area is 123 Å². The van der Waals surface area contributed by atoms with E-state index in [1.165, 1.54) is 11.3 Å². The summed E-state index contributed by atoms with van der Waals surface area (Å²) in [7, 11) is 0. The molecular formula is C14H15F3N2OS. The lowest BCUT2D eigenvalue weighted by Crippen LogP contribution is -2.27. The standard InChI is InChI=1S/C14H15F3N2OS/c15-14(16,17)9-5-3-8(4-6-9)12-11(13(18)19-20-12)10-2-1-7-21-10/h1-2,7-9H,3-6H2,(H2,18,19). The molecule has 3 rings (SSSR count). The van der Waals surface area contributed by atoms with Crippen molar-refractivity contribution in [1.29, 1.82) is 0 Å². The van der Waals surface area contributed by atoms with Gasteiger partial charge >= 0.3 is 6.18 Å². The van der Waals surface area contributed by atoms with Crippen LogP contribution in [0.5, 0.6) is 0 Å². The summed E-state index contributed by atoms with van der Waals surface area (Å²) in [5.74, 6) is -0.286. The van der Waals surface area contributed by atoms with E-state index in [2.05, 4.69) is 5.16 Å². The van der Waals surface area contributed by atoms with Gasteiger partial charge in [0.1, 0.15) is 0 Å². The number of thiophene rings is 1. The van der Waals surface area contributed by atoms with Gasteiger partial charge in [0.15, 0.2) is 11.6 Å². The molecule has 2 aromatic rings. The Morgan fingerprint density at radius 3 is 2.52 bits per heavy atom. The highest BCUT2D eigenvalue weighted by molar-refractivity contribution is 7.13. The van der Waals surface area contributed by atoms with Crippen molar-refractivity contribution in [2.75, 3.05) is 5.73 Å². The number of aromatic nitrogens is 1. The van der Waals surface area contributed by atoms with E-state index in [0.29, 0.717) is 24.4 Å². The van der Waals surface area contributed by atoms with Crippen LogP contribution in [0.2, 0.25) is 0 Å². The molecule has 1 aliphatic rings. The Bertz CT molecular complexity index is 598. The number of alkyl halides is 3. The molecule has 0 saturated heterocycles. The monoisotopic (exact) mass is 316 g/mol. The molecule has 1 aliphatic carbocycles. The van der Waals surface area contributed by atoms with Crippen molar-refractivity contribution >= 4 is 17.2 Å². The molecule has 1 fully saturated rings. The first-order valence-corrected chi connectivity index (χ1v) is 7.70. The van der Waals surface area contributed by atoms with E-state index in [0.717, 1.165) is 10.4 Å². The van der Waals surface area contributed by atoms with Gasteiger partial charge in [-0.15, -0.1) is 11.3 Å². The number of hydrogen-bond donors (Lipinski definition) is 1. The maximum absolute atomic E-state index is 12.7. The Kier molecular flexibility index (Phi) is 3.69. The summed E-state index contributed by atoms with van der Waals surface area (Å²) in [5, 5.41) is 5.73. The first kappa shape index (κ1) is 14.4. The van der Waals surface area contributed by atoms with Crippen LogP contribution in [0.1, 0.15) is 37.4 Å². The second-order valence-electron chi connectivity index (χ2n) is 5.37. The van der Waals surface area contributed by atoms with Crippen LogP contribution in [0.4, 0.5) is 19.0 Å². The Balaban J connectivity index is 1.81. The van der Waals surface area contributed by atoms with Crippen LogP contribution >= 0.6 is 11.3 Å². The van der Waals surface area contributed by atoms with Gasteiger partial charge in [-0.3, -0.25) is 0 Å². The van der Waals surface area contributed by atoms with Crippen molar-refractivity contribution in [3.05, 3.63) is 23.3 Å². The highest BCUT2D eigenvalue weighted by Crippen LogP contribution is 2.46. The molecule has 1 saturated carbocycles. The zero-order valence-electron chi connectivity index (χ0n) is 11.2. The molecule has 2 aromatic heterocycles. The third-order valence-corrected chi connectivity index (χ3v) is 4.96. The minimum Gasteiger partial charge on any atom is -0.380 e. The number of rotatable bonds is 2. The normalized spacial score (nSPS) is 23.4. The molecule has 114 valence electrons. The summed E-state index contributed by atoms with van der Waals surface area (Å²) in [6, 6.07) is 3.81. The molecule has 2 heterocycles. The van der Waals surface area contributed by atoms with Crippen molar-refractivity contribution in [2.45, 2.75) is 37.8 Å². The van der Waals surface area contributed by atoms with E-state index in [1.807, 2.05) is 17.5 Å². The first-order chi connectivity index (χ1) is 9.97. The molecule has 0 aromatic carbocycles. The summed E-state index contributed by atoms with van der Waals surface area (Å²) in [6.45, 7) is 0.